The molecule has 4 heteroatoms. The molecule has 2 unspecified atom stereocenters. The number of rotatable bonds is 6. The highest BCUT2D eigenvalue weighted by Gasteiger charge is 2.64. The molecule has 32 heavy (non-hydrogen) atoms. The Kier molecular flexibility index (Phi) is 6.93. The molecule has 184 valence electrons. The lowest BCUT2D eigenvalue weighted by molar-refractivity contribution is -0.181. The first-order chi connectivity index (χ1) is 15.0. The van der Waals surface area contributed by atoms with Gasteiger partial charge < -0.3 is 20.4 Å². The van der Waals surface area contributed by atoms with Crippen LogP contribution in [0.1, 0.15) is 85.5 Å². The Morgan fingerprint density at radius 1 is 0.938 bits per heavy atom. The smallest absolute Gasteiger partial charge is 0.0579 e. The first kappa shape index (κ1) is 24.7. The molecule has 0 spiro atoms. The minimum Gasteiger partial charge on any atom is -0.396 e. The molecule has 0 radical (unpaired) electrons. The van der Waals surface area contributed by atoms with E-state index < -0.39 is 0 Å². The molecule has 0 heterocycles. The topological polar surface area (TPSA) is 80.9 Å². The van der Waals surface area contributed by atoms with E-state index in [1.165, 1.54) is 12.8 Å². The normalized spacial score (nSPS) is 50.1. The highest BCUT2D eigenvalue weighted by atomic mass is 16.3. The minimum absolute atomic E-state index is 0.0878. The SMILES string of the molecule is C=C(CC[C@@H](C)[C@H]1C[C@H](O)[C@H]2C3C[C@@H](O)C4C[C@@H](O)CC[C@]4(C)[C@H]3CC[C@]12C)[C@H](C)CO. The average Bonchev–Trinajstić information content (AvgIpc) is 3.03. The standard InChI is InChI=1S/C28H48O4/c1-16(18(3)15-29)6-7-17(2)22-14-25(32)26-20-13-24(31)23-12-19(30)8-10-27(23,4)21(20)9-11-28(22,26)5/h17-26,29-32H,1,6-15H2,2-5H3/t17-,18-,19+,20?,21+,22-,23?,24-,25+,26-,27-,28-/m1/s1. The molecule has 0 saturated heterocycles. The van der Waals surface area contributed by atoms with Crippen LogP contribution in [0.3, 0.4) is 0 Å². The maximum Gasteiger partial charge on any atom is 0.0579 e. The molecule has 4 aliphatic rings. The Hall–Kier alpha value is -0.420. The summed E-state index contributed by atoms with van der Waals surface area (Å²) in [6.45, 7) is 13.6. The highest BCUT2D eigenvalue weighted by Crippen LogP contribution is 2.68. The quantitative estimate of drug-likeness (QED) is 0.450. The average molecular weight is 449 g/mol. The van der Waals surface area contributed by atoms with Crippen LogP contribution in [-0.2, 0) is 0 Å². The minimum atomic E-state index is -0.356. The van der Waals surface area contributed by atoms with Crippen LogP contribution in [0.25, 0.3) is 0 Å². The fourth-order valence-electron chi connectivity index (χ4n) is 9.26. The third-order valence-electron chi connectivity index (χ3n) is 11.3. The fourth-order valence-corrected chi connectivity index (χ4v) is 9.26. The van der Waals surface area contributed by atoms with Crippen LogP contribution < -0.4 is 0 Å². The molecule has 4 aliphatic carbocycles. The second-order valence-electron chi connectivity index (χ2n) is 12.9. The molecule has 0 aromatic heterocycles. The van der Waals surface area contributed by atoms with E-state index in [0.717, 1.165) is 50.5 Å². The molecule has 0 aromatic rings. The molecule has 4 nitrogen and oxygen atoms in total. The van der Waals surface area contributed by atoms with Crippen molar-refractivity contribution in [1.29, 1.82) is 0 Å². The van der Waals surface area contributed by atoms with Gasteiger partial charge in [-0.05, 0) is 110 Å². The van der Waals surface area contributed by atoms with Crippen LogP contribution in [0.2, 0.25) is 0 Å². The van der Waals surface area contributed by atoms with E-state index in [4.69, 9.17) is 0 Å². The molecule has 4 saturated carbocycles. The van der Waals surface area contributed by atoms with Gasteiger partial charge in [0.1, 0.15) is 0 Å². The predicted octanol–water partition coefficient (Wildman–Crippen LogP) is 4.55. The molecule has 0 bridgehead atoms. The number of fused-ring (bicyclic) bond motifs is 5. The highest BCUT2D eigenvalue weighted by molar-refractivity contribution is 5.13. The van der Waals surface area contributed by atoms with Crippen LogP contribution in [-0.4, -0.2) is 45.3 Å². The van der Waals surface area contributed by atoms with Crippen molar-refractivity contribution in [3.05, 3.63) is 12.2 Å². The van der Waals surface area contributed by atoms with E-state index in [2.05, 4.69) is 27.4 Å². The van der Waals surface area contributed by atoms with E-state index >= 15 is 0 Å². The fraction of sp³-hybridized carbons (Fsp3) is 0.929. The molecule has 0 amide bonds. The van der Waals surface area contributed by atoms with Gasteiger partial charge in [-0.1, -0.05) is 39.8 Å². The zero-order valence-electron chi connectivity index (χ0n) is 20.8. The van der Waals surface area contributed by atoms with Crippen molar-refractivity contribution >= 4 is 0 Å². The van der Waals surface area contributed by atoms with Gasteiger partial charge in [0, 0.05) is 6.61 Å². The summed E-state index contributed by atoms with van der Waals surface area (Å²) in [6.07, 6.45) is 7.73. The molecule has 4 rings (SSSR count). The largest absolute Gasteiger partial charge is 0.396 e. The maximum absolute atomic E-state index is 11.4. The summed E-state index contributed by atoms with van der Waals surface area (Å²) < 4.78 is 0. The maximum atomic E-state index is 11.4. The number of aliphatic hydroxyl groups is 4. The lowest BCUT2D eigenvalue weighted by Gasteiger charge is -2.62. The van der Waals surface area contributed by atoms with E-state index in [0.29, 0.717) is 23.7 Å². The predicted molar refractivity (Wildman–Crippen MR) is 128 cm³/mol. The van der Waals surface area contributed by atoms with E-state index in [-0.39, 0.29) is 53.5 Å². The second-order valence-corrected chi connectivity index (χ2v) is 12.9. The molecule has 4 fully saturated rings. The Morgan fingerprint density at radius 3 is 2.31 bits per heavy atom. The van der Waals surface area contributed by atoms with Crippen molar-refractivity contribution in [2.24, 2.45) is 52.3 Å². The molecule has 0 aromatic carbocycles. The van der Waals surface area contributed by atoms with Crippen LogP contribution in [0.15, 0.2) is 12.2 Å². The van der Waals surface area contributed by atoms with Gasteiger partial charge in [-0.15, -0.1) is 0 Å². The van der Waals surface area contributed by atoms with Crippen molar-refractivity contribution in [3.63, 3.8) is 0 Å². The summed E-state index contributed by atoms with van der Waals surface area (Å²) in [7, 11) is 0. The van der Waals surface area contributed by atoms with Gasteiger partial charge in [-0.3, -0.25) is 0 Å². The van der Waals surface area contributed by atoms with Gasteiger partial charge in [-0.2, -0.15) is 0 Å². The van der Waals surface area contributed by atoms with Gasteiger partial charge in [-0.25, -0.2) is 0 Å². The lowest BCUT2D eigenvalue weighted by atomic mass is 9.43. The molecule has 0 aliphatic heterocycles. The van der Waals surface area contributed by atoms with Crippen molar-refractivity contribution in [2.45, 2.75) is 104 Å². The third kappa shape index (κ3) is 3.91. The number of hydrogen-bond donors (Lipinski definition) is 4. The van der Waals surface area contributed by atoms with E-state index in [9.17, 15) is 20.4 Å². The first-order valence-electron chi connectivity index (χ1n) is 13.4. The van der Waals surface area contributed by atoms with Gasteiger partial charge >= 0.3 is 0 Å². The van der Waals surface area contributed by atoms with Crippen LogP contribution >= 0.6 is 0 Å². The summed E-state index contributed by atoms with van der Waals surface area (Å²) in [5.41, 5.74) is 1.35. The lowest BCUT2D eigenvalue weighted by Crippen LogP contribution is -2.59. The van der Waals surface area contributed by atoms with E-state index in [1.807, 2.05) is 6.92 Å². The van der Waals surface area contributed by atoms with Crippen molar-refractivity contribution < 1.29 is 20.4 Å². The summed E-state index contributed by atoms with van der Waals surface area (Å²) in [5.74, 6) is 2.57. The first-order valence-corrected chi connectivity index (χ1v) is 13.4. The van der Waals surface area contributed by atoms with Crippen LogP contribution in [0.4, 0.5) is 0 Å². The molecular weight excluding hydrogens is 400 g/mol. The van der Waals surface area contributed by atoms with Crippen molar-refractivity contribution in [1.82, 2.24) is 0 Å². The third-order valence-corrected chi connectivity index (χ3v) is 11.3. The Morgan fingerprint density at radius 2 is 1.62 bits per heavy atom. The molecule has 12 atom stereocenters. The number of aliphatic hydroxyl groups excluding tert-OH is 4. The Labute approximate surface area is 195 Å². The summed E-state index contributed by atoms with van der Waals surface area (Å²) in [5, 5.41) is 42.3. The summed E-state index contributed by atoms with van der Waals surface area (Å²) >= 11 is 0. The zero-order chi connectivity index (χ0) is 23.4. The van der Waals surface area contributed by atoms with Crippen molar-refractivity contribution in [3.8, 4) is 0 Å². The van der Waals surface area contributed by atoms with Gasteiger partial charge in [0.25, 0.3) is 0 Å². The van der Waals surface area contributed by atoms with Gasteiger partial charge in [0.2, 0.25) is 0 Å². The van der Waals surface area contributed by atoms with Gasteiger partial charge in [0.15, 0.2) is 0 Å². The number of hydrogen-bond acceptors (Lipinski definition) is 4. The molecule has 4 N–H and O–H groups in total. The Balaban J connectivity index is 1.52. The molecular formula is C28H48O4. The van der Waals surface area contributed by atoms with Crippen LogP contribution in [0.5, 0.6) is 0 Å². The van der Waals surface area contributed by atoms with Crippen molar-refractivity contribution in [2.75, 3.05) is 6.61 Å². The monoisotopic (exact) mass is 448 g/mol. The summed E-state index contributed by atoms with van der Waals surface area (Å²) in [6, 6.07) is 0. The van der Waals surface area contributed by atoms with Crippen LogP contribution in [0, 0.1) is 52.3 Å². The Bertz CT molecular complexity index is 693. The second kappa shape index (κ2) is 8.98. The van der Waals surface area contributed by atoms with Gasteiger partial charge in [0.05, 0.1) is 18.3 Å². The zero-order valence-corrected chi connectivity index (χ0v) is 20.8. The van der Waals surface area contributed by atoms with E-state index in [1.54, 1.807) is 0 Å². The summed E-state index contributed by atoms with van der Waals surface area (Å²) in [4.78, 5) is 0.